The number of carbonyl (C=O) groups is 5. The molecule has 0 aromatic heterocycles. The fourth-order valence-corrected chi connectivity index (χ4v) is 2.30. The first kappa shape index (κ1) is 41.4. The quantitative estimate of drug-likeness (QED) is 0.171. The maximum Gasteiger partial charge on any atom is 0.431 e. The molecule has 4 N–H and O–H groups in total. The number of halogens is 4. The van der Waals surface area contributed by atoms with E-state index in [2.05, 4.69) is 39.8 Å². The normalized spacial score (nSPS) is 12.7. The summed E-state index contributed by atoms with van der Waals surface area (Å²) in [5.74, 6) is -8.82. The zero-order chi connectivity index (χ0) is 31.7. The Morgan fingerprint density at radius 1 is 0.902 bits per heavy atom. The number of imide groups is 1. The molecule has 0 bridgehead atoms. The Kier molecular flexibility index (Phi) is 20.9. The molecule has 2 aliphatic rings. The molecular weight excluding hydrogens is 578 g/mol. The van der Waals surface area contributed by atoms with Crippen LogP contribution in [0.25, 0.3) is 0 Å². The first-order valence-corrected chi connectivity index (χ1v) is 11.8. The lowest BCUT2D eigenvalue weighted by Crippen LogP contribution is -2.31. The first-order valence-electron chi connectivity index (χ1n) is 10.9. The third kappa shape index (κ3) is 12.3. The smallest absolute Gasteiger partial charge is 0.404 e. The molecule has 12 nitrogen and oxygen atoms in total. The Morgan fingerprint density at radius 2 is 1.32 bits per heavy atom. The molecule has 1 saturated heterocycles. The molecule has 0 saturated carbocycles. The van der Waals surface area contributed by atoms with Crippen LogP contribution in [0.15, 0.2) is 24.4 Å². The molecule has 1 aromatic carbocycles. The number of benzene rings is 1. The third-order valence-electron chi connectivity index (χ3n) is 4.39. The highest BCUT2D eigenvalue weighted by Gasteiger charge is 2.28. The minimum absolute atomic E-state index is 0. The van der Waals surface area contributed by atoms with E-state index in [1.54, 1.807) is 6.26 Å². The van der Waals surface area contributed by atoms with Gasteiger partial charge in [0.25, 0.3) is 17.7 Å². The van der Waals surface area contributed by atoms with Crippen molar-refractivity contribution < 1.29 is 51.1 Å². The Hall–Kier alpha value is -4.12. The molecule has 2 aliphatic heterocycles. The van der Waals surface area contributed by atoms with Crippen molar-refractivity contribution in [2.45, 2.75) is 27.2 Å². The molecule has 0 spiro atoms. The van der Waals surface area contributed by atoms with Crippen molar-refractivity contribution in [3.05, 3.63) is 53.3 Å². The second kappa shape index (κ2) is 20.7. The Bertz CT molecular complexity index is 1070. The Morgan fingerprint density at radius 3 is 1.61 bits per heavy atom. The van der Waals surface area contributed by atoms with Crippen LogP contribution in [-0.2, 0) is 19.2 Å². The number of rotatable bonds is 2. The number of thiol groups is 1. The number of nitrogens with zero attached hydrogens (tertiary/aromatic N) is 2. The number of allylic oxidation sites excluding steroid dienone is 1. The fourth-order valence-electron chi connectivity index (χ4n) is 2.30. The highest BCUT2D eigenvalue weighted by Crippen LogP contribution is 2.29. The van der Waals surface area contributed by atoms with Gasteiger partial charge in [0, 0.05) is 45.3 Å². The number of hydrogen-bond donors (Lipinski definition) is 4. The monoisotopic (exact) mass is 613 g/mol. The van der Waals surface area contributed by atoms with Crippen molar-refractivity contribution >= 4 is 42.5 Å². The molecule has 1 aromatic rings. The first-order chi connectivity index (χ1) is 18.8. The van der Waals surface area contributed by atoms with Crippen molar-refractivity contribution in [1.29, 1.82) is 0 Å². The van der Waals surface area contributed by atoms with Gasteiger partial charge >= 0.3 is 12.2 Å². The van der Waals surface area contributed by atoms with Gasteiger partial charge in [0.1, 0.15) is 0 Å². The number of nitrogens with two attached hydrogens (primary N) is 1. The Balaban J connectivity index is -0.000000512. The summed E-state index contributed by atoms with van der Waals surface area (Å²) in [4.78, 5) is 58.8. The number of hydrogen-bond acceptors (Lipinski definition) is 9. The molecule has 5 amide bonds. The van der Waals surface area contributed by atoms with Gasteiger partial charge in [-0.3, -0.25) is 19.3 Å². The summed E-state index contributed by atoms with van der Waals surface area (Å²) in [6.07, 6.45) is 3.21. The van der Waals surface area contributed by atoms with Gasteiger partial charge in [-0.05, 0) is 26.6 Å². The van der Waals surface area contributed by atoms with Crippen LogP contribution in [0.1, 0.15) is 25.8 Å². The summed E-state index contributed by atoms with van der Waals surface area (Å²) >= 11 is 3.53. The van der Waals surface area contributed by atoms with Crippen molar-refractivity contribution in [3.63, 3.8) is 0 Å². The van der Waals surface area contributed by atoms with E-state index in [9.17, 15) is 41.5 Å². The van der Waals surface area contributed by atoms with E-state index in [4.69, 9.17) is 0 Å². The van der Waals surface area contributed by atoms with Gasteiger partial charge in [-0.2, -0.15) is 21.4 Å². The van der Waals surface area contributed by atoms with Crippen molar-refractivity contribution in [2.75, 3.05) is 34.4 Å². The fraction of sp³-hybridized carbons (Fsp3) is 0.375. The molecule has 0 radical (unpaired) electrons. The van der Waals surface area contributed by atoms with E-state index < -0.39 is 46.8 Å². The molecule has 2 heterocycles. The summed E-state index contributed by atoms with van der Waals surface area (Å²) in [6.45, 7) is 4.44. The minimum atomic E-state index is -1.75. The lowest BCUT2D eigenvalue weighted by Gasteiger charge is -2.14. The second-order valence-corrected chi connectivity index (χ2v) is 6.80. The van der Waals surface area contributed by atoms with Gasteiger partial charge < -0.3 is 25.9 Å². The molecule has 0 unspecified atom stereocenters. The summed E-state index contributed by atoms with van der Waals surface area (Å²) in [5.41, 5.74) is 4.20. The number of ether oxygens (including phenoxy) is 1. The molecular formula is C24H35F4N5O7S. The van der Waals surface area contributed by atoms with Gasteiger partial charge in [-0.25, -0.2) is 18.4 Å². The summed E-state index contributed by atoms with van der Waals surface area (Å²) < 4.78 is 56.3. The lowest BCUT2D eigenvalue weighted by atomic mass is 10.2. The predicted octanol–water partition coefficient (Wildman–Crippen LogP) is 2.96. The van der Waals surface area contributed by atoms with Gasteiger partial charge in [-0.15, -0.1) is 5.06 Å². The molecule has 0 atom stereocenters. The maximum absolute atomic E-state index is 13.1. The SMILES string of the molecule is C.C=C1CCC(=O)N1OC(=O)NC.CN.CN1C(=O)C=CC1=O.CNC(=O)Oc1c(F)c(F)c(C)c(F)c1F.CS. The molecule has 0 aliphatic carbocycles. The molecule has 232 valence electrons. The average molecular weight is 614 g/mol. The highest BCUT2D eigenvalue weighted by atomic mass is 32.1. The Labute approximate surface area is 240 Å². The molecule has 17 heteroatoms. The number of nitrogens with one attached hydrogen (secondary N) is 2. The largest absolute Gasteiger partial charge is 0.431 e. The van der Waals surface area contributed by atoms with Crippen molar-refractivity contribution in [1.82, 2.24) is 20.6 Å². The second-order valence-electron chi connectivity index (χ2n) is 6.80. The van der Waals surface area contributed by atoms with Crippen LogP contribution >= 0.6 is 12.6 Å². The number of carbonyl (C=O) groups excluding carboxylic acids is 5. The van der Waals surface area contributed by atoms with Crippen molar-refractivity contribution in [3.8, 4) is 5.75 Å². The van der Waals surface area contributed by atoms with Gasteiger partial charge in [-0.1, -0.05) is 14.0 Å². The van der Waals surface area contributed by atoms with Gasteiger partial charge in [0.05, 0.1) is 5.70 Å². The van der Waals surface area contributed by atoms with Crippen LogP contribution in [0.2, 0.25) is 0 Å². The summed E-state index contributed by atoms with van der Waals surface area (Å²) in [6, 6.07) is 0. The lowest BCUT2D eigenvalue weighted by molar-refractivity contribution is -0.151. The predicted molar refractivity (Wildman–Crippen MR) is 146 cm³/mol. The summed E-state index contributed by atoms with van der Waals surface area (Å²) in [5, 5.41) is 5.05. The van der Waals surface area contributed by atoms with Crippen molar-refractivity contribution in [2.24, 2.45) is 5.73 Å². The van der Waals surface area contributed by atoms with Gasteiger partial charge in [0.15, 0.2) is 11.6 Å². The minimum Gasteiger partial charge on any atom is -0.404 e. The zero-order valence-corrected chi connectivity index (χ0v) is 23.5. The molecule has 3 rings (SSSR count). The van der Waals surface area contributed by atoms with Crippen LogP contribution in [-0.4, -0.2) is 74.3 Å². The number of amides is 5. The molecule has 41 heavy (non-hydrogen) atoms. The van der Waals surface area contributed by atoms with Crippen LogP contribution in [0.3, 0.4) is 0 Å². The van der Waals surface area contributed by atoms with Crippen LogP contribution < -0.4 is 21.1 Å². The van der Waals surface area contributed by atoms with Crippen LogP contribution in [0, 0.1) is 30.2 Å². The van der Waals surface area contributed by atoms with E-state index >= 15 is 0 Å². The number of likely N-dealkylation sites (N-methyl/N-ethyl adjacent to an activating group) is 1. The van der Waals surface area contributed by atoms with E-state index in [0.29, 0.717) is 18.5 Å². The van der Waals surface area contributed by atoms with Crippen LogP contribution in [0.5, 0.6) is 5.75 Å². The van der Waals surface area contributed by atoms with E-state index in [-0.39, 0.29) is 25.1 Å². The van der Waals surface area contributed by atoms with E-state index in [0.717, 1.165) is 23.9 Å². The standard InChI is InChI=1S/C9H7F4NO2.C7H10N2O3.C5H5NO2.CH5N.CH4S.CH4/c1-3-4(10)6(12)8(7(13)5(3)11)16-9(15)14-2;1-5-3-4-6(10)9(5)12-7(11)8-2;1-6-4(7)2-3-5(6)8;2*1-2;/h1-2H3,(H,14,15);1,3-4H2,2H3,(H,8,11);2-3H,1H3;2H2,1H3;2H,1H3;1H4. The third-order valence-corrected chi connectivity index (χ3v) is 4.39. The zero-order valence-electron chi connectivity index (χ0n) is 22.6. The average Bonchev–Trinajstić information content (AvgIpc) is 3.45. The summed E-state index contributed by atoms with van der Waals surface area (Å²) in [7, 11) is 5.50. The van der Waals surface area contributed by atoms with Gasteiger partial charge in [0.2, 0.25) is 17.4 Å². The molecule has 1 fully saturated rings. The van der Waals surface area contributed by atoms with E-state index in [1.807, 2.05) is 5.32 Å². The maximum atomic E-state index is 13.1. The van der Waals surface area contributed by atoms with Crippen LogP contribution in [0.4, 0.5) is 27.2 Å². The van der Waals surface area contributed by atoms with E-state index in [1.165, 1.54) is 33.3 Å². The number of hydroxylamine groups is 2. The highest BCUT2D eigenvalue weighted by molar-refractivity contribution is 7.79. The topological polar surface area (TPSA) is 160 Å².